The first-order valence-electron chi connectivity index (χ1n) is 9.79. The average molecular weight is 375 g/mol. The molecule has 0 radical (unpaired) electrons. The molecule has 0 bridgehead atoms. The molecule has 2 heterocycles. The number of rotatable bonds is 6. The van der Waals surface area contributed by atoms with Gasteiger partial charge in [-0.15, -0.1) is 0 Å². The van der Waals surface area contributed by atoms with E-state index in [2.05, 4.69) is 34.3 Å². The fraction of sp³-hybridized carbons (Fsp3) is 0.304. The zero-order valence-electron chi connectivity index (χ0n) is 15.9. The highest BCUT2D eigenvalue weighted by Gasteiger charge is 2.22. The summed E-state index contributed by atoms with van der Waals surface area (Å²) in [6.07, 6.45) is 6.12. The third-order valence-corrected chi connectivity index (χ3v) is 5.54. The van der Waals surface area contributed by atoms with Crippen LogP contribution >= 0.6 is 0 Å². The molecular formula is C23H25N3O2. The van der Waals surface area contributed by atoms with E-state index in [1.807, 2.05) is 35.3 Å². The van der Waals surface area contributed by atoms with Crippen molar-refractivity contribution < 1.29 is 9.90 Å². The maximum Gasteiger partial charge on any atom is 0.335 e. The molecule has 4 rings (SSSR count). The Morgan fingerprint density at radius 1 is 1.04 bits per heavy atom. The van der Waals surface area contributed by atoms with Crippen LogP contribution in [0.2, 0.25) is 0 Å². The number of hydrogen-bond donors (Lipinski definition) is 1. The van der Waals surface area contributed by atoms with Crippen LogP contribution in [0.25, 0.3) is 0 Å². The summed E-state index contributed by atoms with van der Waals surface area (Å²) in [7, 11) is 0. The summed E-state index contributed by atoms with van der Waals surface area (Å²) >= 11 is 0. The molecule has 0 spiro atoms. The number of carbonyl (C=O) groups is 1. The van der Waals surface area contributed by atoms with Crippen molar-refractivity contribution in [1.82, 2.24) is 14.7 Å². The molecule has 0 amide bonds. The normalized spacial score (nSPS) is 17.5. The Morgan fingerprint density at radius 3 is 2.46 bits per heavy atom. The van der Waals surface area contributed by atoms with Gasteiger partial charge in [0.25, 0.3) is 0 Å². The molecule has 5 heteroatoms. The Bertz CT molecular complexity index is 919. The maximum absolute atomic E-state index is 11.1. The van der Waals surface area contributed by atoms with Crippen molar-refractivity contribution in [2.75, 3.05) is 13.1 Å². The second kappa shape index (κ2) is 8.40. The number of aromatic carboxylic acids is 1. The molecule has 1 saturated heterocycles. The van der Waals surface area contributed by atoms with E-state index >= 15 is 0 Å². The van der Waals surface area contributed by atoms with Crippen molar-refractivity contribution >= 4 is 5.97 Å². The lowest BCUT2D eigenvalue weighted by molar-refractivity contribution is 0.0697. The van der Waals surface area contributed by atoms with Crippen molar-refractivity contribution in [2.45, 2.75) is 31.8 Å². The number of likely N-dealkylation sites (tertiary alicyclic amines) is 1. The summed E-state index contributed by atoms with van der Waals surface area (Å²) < 4.78 is 1.96. The molecule has 5 nitrogen and oxygen atoms in total. The van der Waals surface area contributed by atoms with E-state index in [0.717, 1.165) is 39.0 Å². The van der Waals surface area contributed by atoms with Crippen LogP contribution in [0.4, 0.5) is 0 Å². The SMILES string of the molecule is O=C(O)c1ccc(C2CCCN(Cc3ccccc3Cn3cccn3)C2)cc1. The smallest absolute Gasteiger partial charge is 0.335 e. The van der Waals surface area contributed by atoms with Crippen LogP contribution < -0.4 is 0 Å². The van der Waals surface area contributed by atoms with Gasteiger partial charge in [0.15, 0.2) is 0 Å². The van der Waals surface area contributed by atoms with Gasteiger partial charge in [0, 0.05) is 25.5 Å². The molecule has 3 aromatic rings. The minimum Gasteiger partial charge on any atom is -0.478 e. The number of hydrogen-bond acceptors (Lipinski definition) is 3. The third kappa shape index (κ3) is 4.31. The molecule has 1 atom stereocenters. The van der Waals surface area contributed by atoms with E-state index in [1.165, 1.54) is 16.7 Å². The minimum atomic E-state index is -0.870. The Balaban J connectivity index is 1.45. The quantitative estimate of drug-likeness (QED) is 0.707. The van der Waals surface area contributed by atoms with E-state index in [-0.39, 0.29) is 0 Å². The highest BCUT2D eigenvalue weighted by atomic mass is 16.4. The van der Waals surface area contributed by atoms with Gasteiger partial charge in [0.2, 0.25) is 0 Å². The zero-order valence-corrected chi connectivity index (χ0v) is 15.9. The molecule has 1 fully saturated rings. The van der Waals surface area contributed by atoms with Crippen LogP contribution in [0.3, 0.4) is 0 Å². The molecule has 1 aliphatic heterocycles. The first kappa shape index (κ1) is 18.4. The second-order valence-electron chi connectivity index (χ2n) is 7.47. The highest BCUT2D eigenvalue weighted by molar-refractivity contribution is 5.87. The average Bonchev–Trinajstić information content (AvgIpc) is 3.23. The Morgan fingerprint density at radius 2 is 1.79 bits per heavy atom. The van der Waals surface area contributed by atoms with Gasteiger partial charge >= 0.3 is 5.97 Å². The van der Waals surface area contributed by atoms with Crippen LogP contribution in [0.15, 0.2) is 67.0 Å². The summed E-state index contributed by atoms with van der Waals surface area (Å²) in [5.41, 5.74) is 4.24. The second-order valence-corrected chi connectivity index (χ2v) is 7.47. The van der Waals surface area contributed by atoms with Gasteiger partial charge in [0.1, 0.15) is 0 Å². The van der Waals surface area contributed by atoms with E-state index in [4.69, 9.17) is 5.11 Å². The van der Waals surface area contributed by atoms with Crippen LogP contribution in [0.5, 0.6) is 0 Å². The summed E-state index contributed by atoms with van der Waals surface area (Å²) in [6.45, 7) is 3.82. The first-order chi connectivity index (χ1) is 13.7. The van der Waals surface area contributed by atoms with E-state index in [1.54, 1.807) is 12.1 Å². The summed E-state index contributed by atoms with van der Waals surface area (Å²) in [4.78, 5) is 13.6. The van der Waals surface area contributed by atoms with Gasteiger partial charge in [0.05, 0.1) is 12.1 Å². The molecule has 1 N–H and O–H groups in total. The Labute approximate surface area is 165 Å². The molecule has 0 saturated carbocycles. The van der Waals surface area contributed by atoms with Crippen molar-refractivity contribution in [3.63, 3.8) is 0 Å². The fourth-order valence-corrected chi connectivity index (χ4v) is 4.04. The van der Waals surface area contributed by atoms with Gasteiger partial charge < -0.3 is 5.11 Å². The molecule has 1 unspecified atom stereocenters. The van der Waals surface area contributed by atoms with Crippen molar-refractivity contribution in [2.24, 2.45) is 0 Å². The summed E-state index contributed by atoms with van der Waals surface area (Å²) in [6, 6.07) is 17.9. The zero-order chi connectivity index (χ0) is 19.3. The number of carboxylic acid groups (broad SMARTS) is 1. The van der Waals surface area contributed by atoms with E-state index < -0.39 is 5.97 Å². The Hall–Kier alpha value is -2.92. The predicted octanol–water partition coefficient (Wildman–Crippen LogP) is 4.01. The van der Waals surface area contributed by atoms with Crippen molar-refractivity contribution in [1.29, 1.82) is 0 Å². The van der Waals surface area contributed by atoms with Crippen LogP contribution in [-0.2, 0) is 13.1 Å². The molecule has 1 aliphatic rings. The van der Waals surface area contributed by atoms with E-state index in [9.17, 15) is 4.79 Å². The van der Waals surface area contributed by atoms with Crippen LogP contribution in [0, 0.1) is 0 Å². The summed E-state index contributed by atoms with van der Waals surface area (Å²) in [5, 5.41) is 13.4. The van der Waals surface area contributed by atoms with Crippen molar-refractivity contribution in [3.8, 4) is 0 Å². The largest absolute Gasteiger partial charge is 0.478 e. The molecule has 144 valence electrons. The lowest BCUT2D eigenvalue weighted by atomic mass is 9.89. The van der Waals surface area contributed by atoms with Gasteiger partial charge in [-0.1, -0.05) is 36.4 Å². The molecule has 0 aliphatic carbocycles. The van der Waals surface area contributed by atoms with E-state index in [0.29, 0.717) is 11.5 Å². The van der Waals surface area contributed by atoms with Gasteiger partial charge in [-0.2, -0.15) is 5.10 Å². The van der Waals surface area contributed by atoms with Gasteiger partial charge in [-0.05, 0) is 60.2 Å². The monoisotopic (exact) mass is 375 g/mol. The first-order valence-corrected chi connectivity index (χ1v) is 9.79. The number of piperidine rings is 1. The van der Waals surface area contributed by atoms with Gasteiger partial charge in [-0.3, -0.25) is 9.58 Å². The maximum atomic E-state index is 11.1. The fourth-order valence-electron chi connectivity index (χ4n) is 4.04. The van der Waals surface area contributed by atoms with Gasteiger partial charge in [-0.25, -0.2) is 4.79 Å². The molecular weight excluding hydrogens is 350 g/mol. The van der Waals surface area contributed by atoms with Crippen LogP contribution in [-0.4, -0.2) is 38.8 Å². The highest BCUT2D eigenvalue weighted by Crippen LogP contribution is 2.28. The topological polar surface area (TPSA) is 58.4 Å². The summed E-state index contributed by atoms with van der Waals surface area (Å²) in [5.74, 6) is -0.416. The third-order valence-electron chi connectivity index (χ3n) is 5.54. The van der Waals surface area contributed by atoms with Crippen LogP contribution in [0.1, 0.15) is 45.8 Å². The molecule has 28 heavy (non-hydrogen) atoms. The Kier molecular flexibility index (Phi) is 5.53. The molecule has 1 aromatic heterocycles. The van der Waals surface area contributed by atoms with Crippen molar-refractivity contribution in [3.05, 3.63) is 89.2 Å². The minimum absolute atomic E-state index is 0.351. The lowest BCUT2D eigenvalue weighted by Gasteiger charge is -2.33. The molecule has 2 aromatic carbocycles. The predicted molar refractivity (Wildman–Crippen MR) is 108 cm³/mol. The number of carboxylic acids is 1. The number of benzene rings is 2. The standard InChI is InChI=1S/C23H25N3O2/c27-23(28)19-10-8-18(9-11-19)20-7-3-13-25(15-20)16-21-5-1-2-6-22(21)17-26-14-4-12-24-26/h1-2,4-6,8-12,14,20H,3,7,13,15-17H2,(H,27,28). The lowest BCUT2D eigenvalue weighted by Crippen LogP contribution is -2.34. The number of nitrogens with zero attached hydrogens (tertiary/aromatic N) is 3. The number of aromatic nitrogens is 2.